The SMILES string of the molecule is CCCn1cc(S(=O)(=O)N[C@H]2CNCC[C@H]2O)cn1. The molecule has 8 heteroatoms. The lowest BCUT2D eigenvalue weighted by atomic mass is 10.1. The fourth-order valence-electron chi connectivity index (χ4n) is 2.07. The first-order valence-corrected chi connectivity index (χ1v) is 7.95. The van der Waals surface area contributed by atoms with Crippen molar-refractivity contribution in [3.8, 4) is 0 Å². The molecule has 0 radical (unpaired) electrons. The first-order valence-electron chi connectivity index (χ1n) is 6.46. The van der Waals surface area contributed by atoms with Crippen molar-refractivity contribution < 1.29 is 13.5 Å². The number of rotatable bonds is 5. The van der Waals surface area contributed by atoms with E-state index >= 15 is 0 Å². The molecule has 19 heavy (non-hydrogen) atoms. The molecule has 0 saturated carbocycles. The van der Waals surface area contributed by atoms with Crippen LogP contribution in [0.4, 0.5) is 0 Å². The Labute approximate surface area is 113 Å². The highest BCUT2D eigenvalue weighted by Gasteiger charge is 2.28. The van der Waals surface area contributed by atoms with E-state index in [0.717, 1.165) is 6.42 Å². The van der Waals surface area contributed by atoms with Crippen molar-refractivity contribution in [1.29, 1.82) is 0 Å². The summed E-state index contributed by atoms with van der Waals surface area (Å²) < 4.78 is 28.4. The van der Waals surface area contributed by atoms with E-state index < -0.39 is 22.2 Å². The Morgan fingerprint density at radius 3 is 3.11 bits per heavy atom. The Morgan fingerprint density at radius 1 is 1.63 bits per heavy atom. The number of aliphatic hydroxyl groups is 1. The maximum Gasteiger partial charge on any atom is 0.244 e. The minimum Gasteiger partial charge on any atom is -0.391 e. The van der Waals surface area contributed by atoms with Crippen molar-refractivity contribution in [1.82, 2.24) is 19.8 Å². The van der Waals surface area contributed by atoms with Crippen molar-refractivity contribution in [2.75, 3.05) is 13.1 Å². The standard InChI is InChI=1S/C11H20N4O3S/c1-2-5-15-8-9(6-13-15)19(17,18)14-10-7-12-4-3-11(10)16/h6,8,10-12,14,16H,2-5,7H2,1H3/t10-,11+/m0/s1. The predicted octanol–water partition coefficient (Wildman–Crippen LogP) is -0.706. The molecular weight excluding hydrogens is 268 g/mol. The number of piperidine rings is 1. The lowest BCUT2D eigenvalue weighted by Crippen LogP contribution is -2.53. The molecule has 1 aromatic heterocycles. The molecule has 3 N–H and O–H groups in total. The van der Waals surface area contributed by atoms with E-state index in [4.69, 9.17) is 0 Å². The fraction of sp³-hybridized carbons (Fsp3) is 0.727. The summed E-state index contributed by atoms with van der Waals surface area (Å²) in [4.78, 5) is 0.138. The van der Waals surface area contributed by atoms with Crippen LogP contribution in [-0.2, 0) is 16.6 Å². The number of aliphatic hydroxyl groups excluding tert-OH is 1. The van der Waals surface area contributed by atoms with Crippen LogP contribution < -0.4 is 10.0 Å². The molecule has 2 atom stereocenters. The van der Waals surface area contributed by atoms with E-state index in [1.165, 1.54) is 12.4 Å². The van der Waals surface area contributed by atoms with Gasteiger partial charge in [-0.25, -0.2) is 13.1 Å². The van der Waals surface area contributed by atoms with Gasteiger partial charge in [0.1, 0.15) is 4.90 Å². The van der Waals surface area contributed by atoms with Crippen molar-refractivity contribution in [3.63, 3.8) is 0 Å². The van der Waals surface area contributed by atoms with Crippen molar-refractivity contribution in [2.24, 2.45) is 0 Å². The van der Waals surface area contributed by atoms with Gasteiger partial charge in [0.2, 0.25) is 10.0 Å². The highest BCUT2D eigenvalue weighted by atomic mass is 32.2. The van der Waals surface area contributed by atoms with E-state index in [-0.39, 0.29) is 4.90 Å². The number of aryl methyl sites for hydroxylation is 1. The van der Waals surface area contributed by atoms with Gasteiger partial charge in [-0.15, -0.1) is 0 Å². The topological polar surface area (TPSA) is 96.2 Å². The van der Waals surface area contributed by atoms with Crippen molar-refractivity contribution in [3.05, 3.63) is 12.4 Å². The van der Waals surface area contributed by atoms with Crippen LogP contribution in [0.3, 0.4) is 0 Å². The summed E-state index contributed by atoms with van der Waals surface area (Å²) in [6.07, 6.45) is 3.62. The third-order valence-electron chi connectivity index (χ3n) is 3.12. The number of sulfonamides is 1. The minimum atomic E-state index is -3.62. The van der Waals surface area contributed by atoms with Crippen LogP contribution in [0.25, 0.3) is 0 Å². The van der Waals surface area contributed by atoms with Crippen LogP contribution in [0.2, 0.25) is 0 Å². The molecule has 1 aliphatic heterocycles. The van der Waals surface area contributed by atoms with Gasteiger partial charge in [-0.1, -0.05) is 6.92 Å². The molecule has 0 aromatic carbocycles. The maximum atomic E-state index is 12.2. The van der Waals surface area contributed by atoms with Gasteiger partial charge in [-0.2, -0.15) is 5.10 Å². The van der Waals surface area contributed by atoms with Crippen LogP contribution in [-0.4, -0.2) is 48.5 Å². The Kier molecular flexibility index (Phi) is 4.56. The zero-order valence-electron chi connectivity index (χ0n) is 10.9. The molecule has 7 nitrogen and oxygen atoms in total. The van der Waals surface area contributed by atoms with Gasteiger partial charge >= 0.3 is 0 Å². The number of nitrogens with one attached hydrogen (secondary N) is 2. The molecule has 0 spiro atoms. The molecule has 0 aliphatic carbocycles. The fourth-order valence-corrected chi connectivity index (χ4v) is 3.29. The van der Waals surface area contributed by atoms with E-state index in [1.807, 2.05) is 6.92 Å². The monoisotopic (exact) mass is 288 g/mol. The molecule has 0 amide bonds. The molecule has 0 unspecified atom stereocenters. The van der Waals surface area contributed by atoms with Crippen LogP contribution in [0.5, 0.6) is 0 Å². The van der Waals surface area contributed by atoms with Crippen LogP contribution in [0.15, 0.2) is 17.3 Å². The molecule has 1 aromatic rings. The molecule has 1 saturated heterocycles. The normalized spacial score (nSPS) is 24.5. The van der Waals surface area contributed by atoms with Gasteiger partial charge in [0.25, 0.3) is 0 Å². The van der Waals surface area contributed by atoms with Gasteiger partial charge in [-0.3, -0.25) is 4.68 Å². The summed E-state index contributed by atoms with van der Waals surface area (Å²) in [6, 6.07) is -0.492. The van der Waals surface area contributed by atoms with Gasteiger partial charge in [0.15, 0.2) is 0 Å². The lowest BCUT2D eigenvalue weighted by molar-refractivity contribution is 0.109. The van der Waals surface area contributed by atoms with Crippen molar-refractivity contribution in [2.45, 2.75) is 43.4 Å². The van der Waals surface area contributed by atoms with Crippen LogP contribution >= 0.6 is 0 Å². The highest BCUT2D eigenvalue weighted by Crippen LogP contribution is 2.11. The number of nitrogens with zero attached hydrogens (tertiary/aromatic N) is 2. The Morgan fingerprint density at radius 2 is 2.42 bits per heavy atom. The van der Waals surface area contributed by atoms with Gasteiger partial charge in [0, 0.05) is 19.3 Å². The quantitative estimate of drug-likeness (QED) is 0.665. The van der Waals surface area contributed by atoms with Crippen molar-refractivity contribution >= 4 is 10.0 Å². The molecule has 1 aliphatic rings. The summed E-state index contributed by atoms with van der Waals surface area (Å²) >= 11 is 0. The molecule has 1 fully saturated rings. The average molecular weight is 288 g/mol. The summed E-state index contributed by atoms with van der Waals surface area (Å²) in [5.74, 6) is 0. The number of aromatic nitrogens is 2. The summed E-state index contributed by atoms with van der Waals surface area (Å²) in [5, 5.41) is 16.8. The van der Waals surface area contributed by atoms with E-state index in [0.29, 0.717) is 26.1 Å². The second kappa shape index (κ2) is 6.00. The van der Waals surface area contributed by atoms with Gasteiger partial charge in [0.05, 0.1) is 18.3 Å². The third-order valence-corrected chi connectivity index (χ3v) is 4.57. The lowest BCUT2D eigenvalue weighted by Gasteiger charge is -2.28. The second-order valence-corrected chi connectivity index (χ2v) is 6.44. The molecule has 108 valence electrons. The first-order chi connectivity index (χ1) is 9.03. The largest absolute Gasteiger partial charge is 0.391 e. The average Bonchev–Trinajstić information content (AvgIpc) is 2.82. The Hall–Kier alpha value is -0.960. The van der Waals surface area contributed by atoms with E-state index in [1.54, 1.807) is 4.68 Å². The molecule has 2 rings (SSSR count). The summed E-state index contributed by atoms with van der Waals surface area (Å²) in [5.41, 5.74) is 0. The van der Waals surface area contributed by atoms with E-state index in [2.05, 4.69) is 15.1 Å². The summed E-state index contributed by atoms with van der Waals surface area (Å²) in [6.45, 7) is 3.82. The second-order valence-electron chi connectivity index (χ2n) is 4.73. The molecular formula is C11H20N4O3S. The van der Waals surface area contributed by atoms with Crippen LogP contribution in [0, 0.1) is 0 Å². The van der Waals surface area contributed by atoms with Gasteiger partial charge in [-0.05, 0) is 19.4 Å². The Balaban J connectivity index is 2.08. The maximum absolute atomic E-state index is 12.2. The zero-order chi connectivity index (χ0) is 13.9. The molecule has 2 heterocycles. The smallest absolute Gasteiger partial charge is 0.244 e. The first kappa shape index (κ1) is 14.4. The molecule has 0 bridgehead atoms. The predicted molar refractivity (Wildman–Crippen MR) is 70.1 cm³/mol. The number of hydrogen-bond donors (Lipinski definition) is 3. The Bertz CT molecular complexity index is 514. The third kappa shape index (κ3) is 3.53. The number of hydrogen-bond acceptors (Lipinski definition) is 5. The van der Waals surface area contributed by atoms with Crippen LogP contribution in [0.1, 0.15) is 19.8 Å². The summed E-state index contributed by atoms with van der Waals surface area (Å²) in [7, 11) is -3.62. The van der Waals surface area contributed by atoms with E-state index in [9.17, 15) is 13.5 Å². The zero-order valence-corrected chi connectivity index (χ0v) is 11.7. The van der Waals surface area contributed by atoms with Gasteiger partial charge < -0.3 is 10.4 Å². The minimum absolute atomic E-state index is 0.138. The highest BCUT2D eigenvalue weighted by molar-refractivity contribution is 7.89.